The lowest BCUT2D eigenvalue weighted by molar-refractivity contribution is -0.134. The number of amides is 3. The largest absolute Gasteiger partial charge is 0.496 e. The quantitative estimate of drug-likeness (QED) is 0.295. The first-order valence-corrected chi connectivity index (χ1v) is 18.1. The zero-order valence-electron chi connectivity index (χ0n) is 29.5. The number of rotatable bonds is 9. The van der Waals surface area contributed by atoms with Gasteiger partial charge < -0.3 is 19.5 Å². The molecule has 2 aromatic carbocycles. The predicted molar refractivity (Wildman–Crippen MR) is 196 cm³/mol. The molecule has 1 unspecified atom stereocenters. The standard InChI is InChI=1S/C39H48ClN5O5/c1-24-25(2)39(49)43(3)22-32(24)29-20-33(40)31(35(21-29)50-4)19-26-11-15-44(16-12-26)23-37(47)45-17-13-28(14-18-45)27-5-7-30(8-6-27)41-34-9-10-36(46)42-38(34)48/h5-8,20-22,26,28,34,41H,9-19,23H2,1-4H3,(H,42,46,48). The number of nitrogens with zero attached hydrogens (tertiary/aromatic N) is 3. The Labute approximate surface area is 299 Å². The van der Waals surface area contributed by atoms with Crippen LogP contribution < -0.4 is 20.9 Å². The van der Waals surface area contributed by atoms with Crippen LogP contribution in [0.5, 0.6) is 5.75 Å². The predicted octanol–water partition coefficient (Wildman–Crippen LogP) is 5.21. The number of anilines is 1. The first-order chi connectivity index (χ1) is 24.0. The number of aryl methyl sites for hydroxylation is 1. The topological polar surface area (TPSA) is 113 Å². The van der Waals surface area contributed by atoms with E-state index in [0.29, 0.717) is 36.2 Å². The van der Waals surface area contributed by atoms with E-state index in [4.69, 9.17) is 16.3 Å². The van der Waals surface area contributed by atoms with Crippen LogP contribution in [0, 0.1) is 19.8 Å². The molecule has 0 aliphatic carbocycles. The monoisotopic (exact) mass is 701 g/mol. The number of halogens is 1. The summed E-state index contributed by atoms with van der Waals surface area (Å²) in [5.41, 5.74) is 6.69. The zero-order valence-corrected chi connectivity index (χ0v) is 30.3. The highest BCUT2D eigenvalue weighted by Gasteiger charge is 2.29. The number of methoxy groups -OCH3 is 1. The van der Waals surface area contributed by atoms with Gasteiger partial charge in [0.2, 0.25) is 17.7 Å². The highest BCUT2D eigenvalue weighted by Crippen LogP contribution is 2.38. The van der Waals surface area contributed by atoms with Gasteiger partial charge >= 0.3 is 0 Å². The number of hydrogen-bond acceptors (Lipinski definition) is 7. The number of imide groups is 1. The molecule has 10 nitrogen and oxygen atoms in total. The van der Waals surface area contributed by atoms with Crippen molar-refractivity contribution < 1.29 is 19.1 Å². The summed E-state index contributed by atoms with van der Waals surface area (Å²) in [6.45, 7) is 7.53. The first-order valence-electron chi connectivity index (χ1n) is 17.7. The van der Waals surface area contributed by atoms with Crippen LogP contribution in [0.1, 0.15) is 66.7 Å². The highest BCUT2D eigenvalue weighted by atomic mass is 35.5. The molecule has 11 heteroatoms. The van der Waals surface area contributed by atoms with E-state index in [2.05, 4.69) is 27.7 Å². The minimum absolute atomic E-state index is 0.000762. The molecule has 0 saturated carbocycles. The van der Waals surface area contributed by atoms with Gasteiger partial charge in [0.05, 0.1) is 13.7 Å². The summed E-state index contributed by atoms with van der Waals surface area (Å²) in [6, 6.07) is 11.8. The number of aromatic nitrogens is 1. The number of carbonyl (C=O) groups is 3. The lowest BCUT2D eigenvalue weighted by Gasteiger charge is -2.36. The Bertz CT molecular complexity index is 1810. The van der Waals surface area contributed by atoms with Gasteiger partial charge in [-0.15, -0.1) is 0 Å². The van der Waals surface area contributed by atoms with Crippen molar-refractivity contribution in [2.45, 2.75) is 70.8 Å². The second-order valence-corrected chi connectivity index (χ2v) is 14.6. The van der Waals surface area contributed by atoms with Gasteiger partial charge in [0.1, 0.15) is 11.8 Å². The van der Waals surface area contributed by atoms with Crippen molar-refractivity contribution in [3.05, 3.63) is 80.2 Å². The molecule has 1 atom stereocenters. The average molecular weight is 702 g/mol. The first kappa shape index (κ1) is 35.7. The molecule has 0 spiro atoms. The summed E-state index contributed by atoms with van der Waals surface area (Å²) >= 11 is 6.90. The number of hydrogen-bond donors (Lipinski definition) is 2. The Morgan fingerprint density at radius 3 is 2.32 bits per heavy atom. The maximum Gasteiger partial charge on any atom is 0.253 e. The van der Waals surface area contributed by atoms with Gasteiger partial charge in [0.15, 0.2) is 0 Å². The SMILES string of the molecule is COc1cc(-c2cn(C)c(=O)c(C)c2C)cc(Cl)c1CC1CCN(CC(=O)N2CCC(c3ccc(NC4CCC(=O)NC4=O)cc3)CC2)CC1. The Morgan fingerprint density at radius 2 is 1.66 bits per heavy atom. The van der Waals surface area contributed by atoms with Crippen molar-refractivity contribution in [3.63, 3.8) is 0 Å². The fourth-order valence-corrected chi connectivity index (χ4v) is 7.98. The van der Waals surface area contributed by atoms with Crippen LogP contribution in [0.4, 0.5) is 5.69 Å². The van der Waals surface area contributed by atoms with E-state index in [-0.39, 0.29) is 23.3 Å². The molecule has 4 heterocycles. The summed E-state index contributed by atoms with van der Waals surface area (Å²) in [7, 11) is 3.44. The maximum atomic E-state index is 13.3. The third-order valence-electron chi connectivity index (χ3n) is 11.0. The van der Waals surface area contributed by atoms with E-state index >= 15 is 0 Å². The van der Waals surface area contributed by atoms with Gasteiger partial charge in [-0.3, -0.25) is 29.4 Å². The van der Waals surface area contributed by atoms with E-state index in [1.165, 1.54) is 5.56 Å². The number of carbonyl (C=O) groups excluding carboxylic acids is 3. The fraction of sp³-hybridized carbons (Fsp3) is 0.487. The number of nitrogens with one attached hydrogen (secondary N) is 2. The van der Waals surface area contributed by atoms with Gasteiger partial charge in [-0.2, -0.15) is 0 Å². The van der Waals surface area contributed by atoms with Crippen LogP contribution in [0.25, 0.3) is 11.1 Å². The van der Waals surface area contributed by atoms with Crippen LogP contribution in [0.15, 0.2) is 47.4 Å². The molecule has 1 aromatic heterocycles. The molecule has 50 heavy (non-hydrogen) atoms. The minimum Gasteiger partial charge on any atom is -0.496 e. The molecule has 6 rings (SSSR count). The normalized spacial score (nSPS) is 19.4. The van der Waals surface area contributed by atoms with Crippen molar-refractivity contribution in [3.8, 4) is 16.9 Å². The van der Waals surface area contributed by atoms with Crippen LogP contribution in [0.3, 0.4) is 0 Å². The van der Waals surface area contributed by atoms with Crippen LogP contribution >= 0.6 is 11.6 Å². The zero-order chi connectivity index (χ0) is 35.5. The molecule has 3 fully saturated rings. The van der Waals surface area contributed by atoms with Gasteiger partial charge in [-0.25, -0.2) is 0 Å². The molecule has 0 bridgehead atoms. The molecule has 3 saturated heterocycles. The maximum absolute atomic E-state index is 13.3. The molecular formula is C39H48ClN5O5. The fourth-order valence-electron chi connectivity index (χ4n) is 7.69. The molecule has 3 aliphatic heterocycles. The third-order valence-corrected chi connectivity index (χ3v) is 11.3. The molecule has 0 radical (unpaired) electrons. The Morgan fingerprint density at radius 1 is 0.960 bits per heavy atom. The summed E-state index contributed by atoms with van der Waals surface area (Å²) in [6.07, 6.45) is 7.36. The second kappa shape index (κ2) is 15.4. The molecule has 3 aliphatic rings. The number of benzene rings is 2. The third kappa shape index (κ3) is 7.92. The summed E-state index contributed by atoms with van der Waals surface area (Å²) in [4.78, 5) is 53.5. The average Bonchev–Trinajstić information content (AvgIpc) is 3.12. The van der Waals surface area contributed by atoms with E-state index in [1.54, 1.807) is 18.7 Å². The lowest BCUT2D eigenvalue weighted by atomic mass is 9.88. The Balaban J connectivity index is 0.968. The number of pyridine rings is 1. The van der Waals surface area contributed by atoms with Gasteiger partial charge in [0, 0.05) is 60.2 Å². The smallest absolute Gasteiger partial charge is 0.253 e. The number of ether oxygens (including phenoxy) is 1. The lowest BCUT2D eigenvalue weighted by Crippen LogP contribution is -2.47. The molecule has 3 amide bonds. The summed E-state index contributed by atoms with van der Waals surface area (Å²) in [5, 5.41) is 6.30. The van der Waals surface area contributed by atoms with Crippen molar-refractivity contribution in [2.24, 2.45) is 13.0 Å². The Hall–Kier alpha value is -4.15. The molecule has 3 aromatic rings. The van der Waals surface area contributed by atoms with Crippen LogP contribution in [-0.2, 0) is 27.9 Å². The van der Waals surface area contributed by atoms with Gasteiger partial charge in [-0.05, 0) is 118 Å². The van der Waals surface area contributed by atoms with Crippen molar-refractivity contribution in [2.75, 3.05) is 45.2 Å². The molecular weight excluding hydrogens is 654 g/mol. The van der Waals surface area contributed by atoms with Crippen molar-refractivity contribution in [1.82, 2.24) is 19.7 Å². The Kier molecular flexibility index (Phi) is 11.0. The van der Waals surface area contributed by atoms with Gasteiger partial charge in [-0.1, -0.05) is 23.7 Å². The van der Waals surface area contributed by atoms with Crippen LogP contribution in [-0.4, -0.2) is 78.0 Å². The van der Waals surface area contributed by atoms with Crippen molar-refractivity contribution >= 4 is 35.0 Å². The molecule has 266 valence electrons. The van der Waals surface area contributed by atoms with Crippen molar-refractivity contribution in [1.29, 1.82) is 0 Å². The van der Waals surface area contributed by atoms with E-state index in [0.717, 1.165) is 97.5 Å². The van der Waals surface area contributed by atoms with E-state index in [9.17, 15) is 19.2 Å². The molecule has 2 N–H and O–H groups in total. The van der Waals surface area contributed by atoms with Crippen LogP contribution in [0.2, 0.25) is 5.02 Å². The number of piperidine rings is 3. The summed E-state index contributed by atoms with van der Waals surface area (Å²) < 4.78 is 7.44. The highest BCUT2D eigenvalue weighted by molar-refractivity contribution is 6.32. The van der Waals surface area contributed by atoms with E-state index < -0.39 is 6.04 Å². The minimum atomic E-state index is -0.396. The number of likely N-dealkylation sites (tertiary alicyclic amines) is 2. The second-order valence-electron chi connectivity index (χ2n) is 14.2. The summed E-state index contributed by atoms with van der Waals surface area (Å²) in [5.74, 6) is 1.32. The van der Waals surface area contributed by atoms with E-state index in [1.807, 2.05) is 49.2 Å². The van der Waals surface area contributed by atoms with Gasteiger partial charge in [0.25, 0.3) is 5.56 Å².